The lowest BCUT2D eigenvalue weighted by Crippen LogP contribution is -2.26. The van der Waals surface area contributed by atoms with Crippen LogP contribution in [0.15, 0.2) is 12.1 Å². The topological polar surface area (TPSA) is 91.3 Å². The van der Waals surface area contributed by atoms with E-state index in [4.69, 9.17) is 5.11 Å². The first-order valence-electron chi connectivity index (χ1n) is 7.19. The Labute approximate surface area is 125 Å². The van der Waals surface area contributed by atoms with Crippen molar-refractivity contribution >= 4 is 17.7 Å². The average molecular weight is 293 g/mol. The van der Waals surface area contributed by atoms with Crippen molar-refractivity contribution in [2.24, 2.45) is 0 Å². The van der Waals surface area contributed by atoms with Crippen LogP contribution in [0.5, 0.6) is 0 Å². The molecule has 0 saturated heterocycles. The maximum atomic E-state index is 11.5. The molecule has 1 rings (SSSR count). The first-order chi connectivity index (χ1) is 9.93. The molecule has 1 aromatic rings. The van der Waals surface area contributed by atoms with Gasteiger partial charge in [0.15, 0.2) is 0 Å². The molecule has 0 aromatic carbocycles. The summed E-state index contributed by atoms with van der Waals surface area (Å²) in [6, 6.07) is 3.06. The number of anilines is 1. The molecular formula is C15H23N3O3. The molecule has 0 radical (unpaired) electrons. The molecule has 0 fully saturated rings. The number of carboxylic acids is 1. The predicted molar refractivity (Wildman–Crippen MR) is 81.7 cm³/mol. The lowest BCUT2D eigenvalue weighted by atomic mass is 10.1. The molecule has 0 aliphatic heterocycles. The number of aromatic nitrogens is 1. The normalized spacial score (nSPS) is 10.5. The summed E-state index contributed by atoms with van der Waals surface area (Å²) < 4.78 is 0. The second kappa shape index (κ2) is 8.24. The van der Waals surface area contributed by atoms with Gasteiger partial charge in [0, 0.05) is 25.2 Å². The number of carboxylic acid groups (broad SMARTS) is 1. The third-order valence-electron chi connectivity index (χ3n) is 2.91. The number of nitrogens with zero attached hydrogens (tertiary/aromatic N) is 1. The van der Waals surface area contributed by atoms with Crippen molar-refractivity contribution < 1.29 is 14.7 Å². The van der Waals surface area contributed by atoms with Gasteiger partial charge in [-0.1, -0.05) is 20.8 Å². The van der Waals surface area contributed by atoms with Crippen molar-refractivity contribution in [1.29, 1.82) is 0 Å². The summed E-state index contributed by atoms with van der Waals surface area (Å²) in [5.74, 6) is -0.384. The van der Waals surface area contributed by atoms with Gasteiger partial charge in [-0.05, 0) is 24.5 Å². The van der Waals surface area contributed by atoms with E-state index in [0.717, 1.165) is 6.42 Å². The quantitative estimate of drug-likeness (QED) is 0.683. The van der Waals surface area contributed by atoms with Crippen LogP contribution in [0.4, 0.5) is 5.82 Å². The molecule has 0 spiro atoms. The first-order valence-corrected chi connectivity index (χ1v) is 7.19. The standard InChI is InChI=1S/C15H23N3O3/c1-4-6-17-14(19)5-7-16-13-9-11(15(20)21)8-12(18-13)10(2)3/h8-10H,4-7H2,1-3H3,(H,16,18)(H,17,19)(H,20,21). The van der Waals surface area contributed by atoms with Crippen LogP contribution in [0.2, 0.25) is 0 Å². The van der Waals surface area contributed by atoms with Gasteiger partial charge in [-0.15, -0.1) is 0 Å². The minimum absolute atomic E-state index is 0.0252. The third-order valence-corrected chi connectivity index (χ3v) is 2.91. The van der Waals surface area contributed by atoms with Gasteiger partial charge in [0.1, 0.15) is 5.82 Å². The highest BCUT2D eigenvalue weighted by Crippen LogP contribution is 2.17. The number of amides is 1. The van der Waals surface area contributed by atoms with Gasteiger partial charge in [0.25, 0.3) is 0 Å². The van der Waals surface area contributed by atoms with Crippen LogP contribution in [0.1, 0.15) is 55.6 Å². The number of carbonyl (C=O) groups excluding carboxylic acids is 1. The van der Waals surface area contributed by atoms with Crippen molar-refractivity contribution in [3.8, 4) is 0 Å². The van der Waals surface area contributed by atoms with Crippen LogP contribution in [0, 0.1) is 0 Å². The minimum atomic E-state index is -0.983. The Morgan fingerprint density at radius 1 is 1.29 bits per heavy atom. The Kier molecular flexibility index (Phi) is 6.65. The summed E-state index contributed by atoms with van der Waals surface area (Å²) in [5, 5.41) is 14.9. The number of hydrogen-bond acceptors (Lipinski definition) is 4. The Hall–Kier alpha value is -2.11. The summed E-state index contributed by atoms with van der Waals surface area (Å²) in [6.45, 7) is 6.99. The fourth-order valence-corrected chi connectivity index (χ4v) is 1.72. The van der Waals surface area contributed by atoms with Crippen molar-refractivity contribution in [2.45, 2.75) is 39.5 Å². The van der Waals surface area contributed by atoms with Crippen LogP contribution in [0.3, 0.4) is 0 Å². The van der Waals surface area contributed by atoms with Gasteiger partial charge in [0.05, 0.1) is 5.56 Å². The second-order valence-electron chi connectivity index (χ2n) is 5.15. The average Bonchev–Trinajstić information content (AvgIpc) is 2.44. The van der Waals surface area contributed by atoms with Gasteiger partial charge in [-0.2, -0.15) is 0 Å². The van der Waals surface area contributed by atoms with Gasteiger partial charge >= 0.3 is 5.97 Å². The molecule has 116 valence electrons. The lowest BCUT2D eigenvalue weighted by Gasteiger charge is -2.11. The Bertz CT molecular complexity index is 501. The van der Waals surface area contributed by atoms with E-state index in [1.54, 1.807) is 6.07 Å². The number of carbonyl (C=O) groups is 2. The third kappa shape index (κ3) is 5.81. The highest BCUT2D eigenvalue weighted by molar-refractivity contribution is 5.88. The highest BCUT2D eigenvalue weighted by atomic mass is 16.4. The summed E-state index contributed by atoms with van der Waals surface area (Å²) in [4.78, 5) is 27.0. The number of pyridine rings is 1. The van der Waals surface area contributed by atoms with Gasteiger partial charge in [-0.25, -0.2) is 9.78 Å². The molecule has 0 bridgehead atoms. The van der Waals surface area contributed by atoms with E-state index in [-0.39, 0.29) is 17.4 Å². The van der Waals surface area contributed by atoms with Crippen LogP contribution in [-0.4, -0.2) is 35.1 Å². The first kappa shape index (κ1) is 16.9. The largest absolute Gasteiger partial charge is 0.478 e. The number of aromatic carboxylic acids is 1. The Morgan fingerprint density at radius 3 is 2.57 bits per heavy atom. The molecule has 1 heterocycles. The SMILES string of the molecule is CCCNC(=O)CCNc1cc(C(=O)O)cc(C(C)C)n1. The Balaban J connectivity index is 2.65. The van der Waals surface area contributed by atoms with E-state index in [9.17, 15) is 9.59 Å². The van der Waals surface area contributed by atoms with E-state index in [0.29, 0.717) is 31.0 Å². The van der Waals surface area contributed by atoms with E-state index in [1.807, 2.05) is 20.8 Å². The molecule has 0 aliphatic rings. The van der Waals surface area contributed by atoms with Crippen molar-refractivity contribution in [3.63, 3.8) is 0 Å². The van der Waals surface area contributed by atoms with Crippen molar-refractivity contribution in [3.05, 3.63) is 23.4 Å². The molecule has 0 aliphatic carbocycles. The summed E-state index contributed by atoms with van der Waals surface area (Å²) in [5.41, 5.74) is 0.916. The van der Waals surface area contributed by atoms with E-state index in [1.165, 1.54) is 6.07 Å². The molecule has 0 unspecified atom stereocenters. The fraction of sp³-hybridized carbons (Fsp3) is 0.533. The number of rotatable bonds is 8. The van der Waals surface area contributed by atoms with Crippen LogP contribution < -0.4 is 10.6 Å². The van der Waals surface area contributed by atoms with Crippen molar-refractivity contribution in [2.75, 3.05) is 18.4 Å². The molecule has 0 saturated carbocycles. The van der Waals surface area contributed by atoms with Crippen LogP contribution >= 0.6 is 0 Å². The predicted octanol–water partition coefficient (Wildman–Crippen LogP) is 2.23. The zero-order chi connectivity index (χ0) is 15.8. The fourth-order valence-electron chi connectivity index (χ4n) is 1.72. The highest BCUT2D eigenvalue weighted by Gasteiger charge is 2.11. The zero-order valence-electron chi connectivity index (χ0n) is 12.8. The zero-order valence-corrected chi connectivity index (χ0v) is 12.8. The van der Waals surface area contributed by atoms with Crippen LogP contribution in [0.25, 0.3) is 0 Å². The molecule has 1 amide bonds. The smallest absolute Gasteiger partial charge is 0.335 e. The summed E-state index contributed by atoms with van der Waals surface area (Å²) in [7, 11) is 0. The molecule has 6 heteroatoms. The molecule has 6 nitrogen and oxygen atoms in total. The minimum Gasteiger partial charge on any atom is -0.478 e. The maximum Gasteiger partial charge on any atom is 0.335 e. The second-order valence-corrected chi connectivity index (χ2v) is 5.15. The molecular weight excluding hydrogens is 270 g/mol. The molecule has 1 aromatic heterocycles. The van der Waals surface area contributed by atoms with E-state index < -0.39 is 5.97 Å². The summed E-state index contributed by atoms with van der Waals surface area (Å²) >= 11 is 0. The van der Waals surface area contributed by atoms with Crippen molar-refractivity contribution in [1.82, 2.24) is 10.3 Å². The van der Waals surface area contributed by atoms with E-state index >= 15 is 0 Å². The number of hydrogen-bond donors (Lipinski definition) is 3. The van der Waals surface area contributed by atoms with Gasteiger partial charge in [0.2, 0.25) is 5.91 Å². The number of nitrogens with one attached hydrogen (secondary N) is 2. The van der Waals surface area contributed by atoms with Gasteiger partial charge < -0.3 is 15.7 Å². The maximum absolute atomic E-state index is 11.5. The molecule has 3 N–H and O–H groups in total. The lowest BCUT2D eigenvalue weighted by molar-refractivity contribution is -0.120. The monoisotopic (exact) mass is 293 g/mol. The van der Waals surface area contributed by atoms with Gasteiger partial charge in [-0.3, -0.25) is 4.79 Å². The van der Waals surface area contributed by atoms with E-state index in [2.05, 4.69) is 15.6 Å². The molecule has 0 atom stereocenters. The Morgan fingerprint density at radius 2 is 2.00 bits per heavy atom. The summed E-state index contributed by atoms with van der Waals surface area (Å²) in [6.07, 6.45) is 1.23. The van der Waals surface area contributed by atoms with Crippen LogP contribution in [-0.2, 0) is 4.79 Å². The molecule has 21 heavy (non-hydrogen) atoms.